The van der Waals surface area contributed by atoms with Crippen LogP contribution < -0.4 is 14.8 Å². The van der Waals surface area contributed by atoms with E-state index in [0.717, 1.165) is 5.56 Å². The summed E-state index contributed by atoms with van der Waals surface area (Å²) < 4.78 is 32.5. The molecule has 2 aromatic rings. The van der Waals surface area contributed by atoms with Crippen LogP contribution in [0.2, 0.25) is 5.02 Å². The molecule has 6 nitrogen and oxygen atoms in total. The second-order valence-electron chi connectivity index (χ2n) is 5.92. The molecule has 8 heteroatoms. The van der Waals surface area contributed by atoms with Crippen molar-refractivity contribution in [1.82, 2.24) is 4.72 Å². The second-order valence-corrected chi connectivity index (χ2v) is 8.07. The minimum Gasteiger partial charge on any atom is -0.496 e. The number of benzene rings is 2. The fourth-order valence-corrected chi connectivity index (χ4v) is 3.80. The van der Waals surface area contributed by atoms with Crippen molar-refractivity contribution in [1.29, 1.82) is 0 Å². The van der Waals surface area contributed by atoms with E-state index in [1.165, 1.54) is 26.2 Å². The van der Waals surface area contributed by atoms with Crippen molar-refractivity contribution in [2.45, 2.75) is 31.7 Å². The molecule has 0 radical (unpaired) electrons. The van der Waals surface area contributed by atoms with Crippen molar-refractivity contribution < 1.29 is 17.9 Å². The Morgan fingerprint density at radius 3 is 2.42 bits per heavy atom. The zero-order valence-electron chi connectivity index (χ0n) is 15.0. The summed E-state index contributed by atoms with van der Waals surface area (Å²) in [5.41, 5.74) is 2.04. The molecule has 1 amide bonds. The zero-order chi connectivity index (χ0) is 19.5. The van der Waals surface area contributed by atoms with Gasteiger partial charge in [0.05, 0.1) is 18.0 Å². The standard InChI is InChI=1S/C18H21ClN2O4S/c1-11-5-6-14(19)10-16(11)20-18(22)13(3)21-26(23,24)15-7-8-17(25-4)12(2)9-15/h5-10,13,21H,1-4H3,(H,20,22)/t13-/m0/s1. The number of amides is 1. The number of hydrogen-bond donors (Lipinski definition) is 2. The highest BCUT2D eigenvalue weighted by atomic mass is 35.5. The average molecular weight is 397 g/mol. The Morgan fingerprint density at radius 2 is 1.81 bits per heavy atom. The number of nitrogens with one attached hydrogen (secondary N) is 2. The summed E-state index contributed by atoms with van der Waals surface area (Å²) in [5, 5.41) is 3.16. The van der Waals surface area contributed by atoms with Crippen molar-refractivity contribution >= 4 is 33.2 Å². The molecule has 26 heavy (non-hydrogen) atoms. The number of rotatable bonds is 6. The zero-order valence-corrected chi connectivity index (χ0v) is 16.5. The van der Waals surface area contributed by atoms with Crippen LogP contribution in [-0.2, 0) is 14.8 Å². The van der Waals surface area contributed by atoms with Crippen LogP contribution in [0.5, 0.6) is 5.75 Å². The quantitative estimate of drug-likeness (QED) is 0.784. The number of aryl methyl sites for hydroxylation is 2. The summed E-state index contributed by atoms with van der Waals surface area (Å²) in [7, 11) is -2.34. The Labute approximate surface area is 158 Å². The first-order chi connectivity index (χ1) is 12.1. The summed E-state index contributed by atoms with van der Waals surface area (Å²) in [6, 6.07) is 8.62. The van der Waals surface area contributed by atoms with E-state index >= 15 is 0 Å². The first kappa shape index (κ1) is 20.2. The number of sulfonamides is 1. The predicted octanol–water partition coefficient (Wildman–Crippen LogP) is 3.27. The number of carbonyl (C=O) groups excluding carboxylic acids is 1. The van der Waals surface area contributed by atoms with Gasteiger partial charge in [-0.2, -0.15) is 4.72 Å². The average Bonchev–Trinajstić information content (AvgIpc) is 2.57. The fourth-order valence-electron chi connectivity index (χ4n) is 2.34. The number of anilines is 1. The highest BCUT2D eigenvalue weighted by molar-refractivity contribution is 7.89. The Hall–Kier alpha value is -2.09. The van der Waals surface area contributed by atoms with Gasteiger partial charge in [0.1, 0.15) is 5.75 Å². The molecule has 0 unspecified atom stereocenters. The smallest absolute Gasteiger partial charge is 0.242 e. The van der Waals surface area contributed by atoms with Crippen LogP contribution in [0.4, 0.5) is 5.69 Å². The maximum Gasteiger partial charge on any atom is 0.242 e. The van der Waals surface area contributed by atoms with Gasteiger partial charge in [-0.15, -0.1) is 0 Å². The normalized spacial score (nSPS) is 12.5. The third-order valence-electron chi connectivity index (χ3n) is 3.86. The van der Waals surface area contributed by atoms with Crippen LogP contribution in [0.25, 0.3) is 0 Å². The Balaban J connectivity index is 2.14. The largest absolute Gasteiger partial charge is 0.496 e. The summed E-state index contributed by atoms with van der Waals surface area (Å²) >= 11 is 5.93. The minimum atomic E-state index is -3.86. The molecule has 0 aromatic heterocycles. The molecule has 1 atom stereocenters. The van der Waals surface area contributed by atoms with Crippen molar-refractivity contribution in [2.24, 2.45) is 0 Å². The van der Waals surface area contributed by atoms with Crippen molar-refractivity contribution in [3.05, 3.63) is 52.5 Å². The van der Waals surface area contributed by atoms with E-state index in [4.69, 9.17) is 16.3 Å². The monoisotopic (exact) mass is 396 g/mol. The molecular formula is C18H21ClN2O4S. The van der Waals surface area contributed by atoms with Gasteiger partial charge in [0.25, 0.3) is 0 Å². The van der Waals surface area contributed by atoms with Gasteiger partial charge >= 0.3 is 0 Å². The summed E-state index contributed by atoms with van der Waals surface area (Å²) in [4.78, 5) is 12.4. The van der Waals surface area contributed by atoms with E-state index in [9.17, 15) is 13.2 Å². The van der Waals surface area contributed by atoms with Gasteiger partial charge in [-0.1, -0.05) is 17.7 Å². The lowest BCUT2D eigenvalue weighted by molar-refractivity contribution is -0.117. The molecule has 0 bridgehead atoms. The third-order valence-corrected chi connectivity index (χ3v) is 5.63. The highest BCUT2D eigenvalue weighted by Gasteiger charge is 2.23. The van der Waals surface area contributed by atoms with E-state index < -0.39 is 22.0 Å². The number of ether oxygens (including phenoxy) is 1. The summed E-state index contributed by atoms with van der Waals surface area (Å²) in [5.74, 6) is 0.107. The third kappa shape index (κ3) is 4.75. The van der Waals surface area contributed by atoms with Gasteiger partial charge in [0, 0.05) is 10.7 Å². The molecule has 0 saturated carbocycles. The van der Waals surface area contributed by atoms with Gasteiger partial charge < -0.3 is 10.1 Å². The molecular weight excluding hydrogens is 376 g/mol. The van der Waals surface area contributed by atoms with Crippen molar-refractivity contribution in [3.8, 4) is 5.75 Å². The molecule has 140 valence electrons. The molecule has 0 spiro atoms. The molecule has 2 aromatic carbocycles. The first-order valence-electron chi connectivity index (χ1n) is 7.88. The van der Waals surface area contributed by atoms with E-state index in [2.05, 4.69) is 10.0 Å². The molecule has 0 saturated heterocycles. The molecule has 0 aliphatic carbocycles. The van der Waals surface area contributed by atoms with E-state index in [1.54, 1.807) is 31.2 Å². The van der Waals surface area contributed by atoms with Gasteiger partial charge in [-0.05, 0) is 62.2 Å². The van der Waals surface area contributed by atoms with Crippen LogP contribution >= 0.6 is 11.6 Å². The van der Waals surface area contributed by atoms with Gasteiger partial charge in [0.15, 0.2) is 0 Å². The van der Waals surface area contributed by atoms with E-state index in [0.29, 0.717) is 22.0 Å². The van der Waals surface area contributed by atoms with E-state index in [1.807, 2.05) is 6.92 Å². The molecule has 0 fully saturated rings. The van der Waals surface area contributed by atoms with Crippen LogP contribution in [0.3, 0.4) is 0 Å². The maximum atomic E-state index is 12.5. The number of hydrogen-bond acceptors (Lipinski definition) is 4. The Morgan fingerprint density at radius 1 is 1.12 bits per heavy atom. The van der Waals surface area contributed by atoms with Crippen LogP contribution in [0, 0.1) is 13.8 Å². The van der Waals surface area contributed by atoms with Gasteiger partial charge in [-0.3, -0.25) is 4.79 Å². The molecule has 0 aliphatic rings. The van der Waals surface area contributed by atoms with Crippen LogP contribution in [-0.4, -0.2) is 27.5 Å². The summed E-state index contributed by atoms with van der Waals surface area (Å²) in [6.07, 6.45) is 0. The fraction of sp³-hybridized carbons (Fsp3) is 0.278. The molecule has 2 N–H and O–H groups in total. The van der Waals surface area contributed by atoms with Crippen molar-refractivity contribution in [2.75, 3.05) is 12.4 Å². The Bertz CT molecular complexity index is 929. The molecule has 0 heterocycles. The Kier molecular flexibility index (Phi) is 6.28. The lowest BCUT2D eigenvalue weighted by Crippen LogP contribution is -2.41. The minimum absolute atomic E-state index is 0.0642. The number of carbonyl (C=O) groups is 1. The maximum absolute atomic E-state index is 12.5. The first-order valence-corrected chi connectivity index (χ1v) is 9.74. The van der Waals surface area contributed by atoms with Crippen LogP contribution in [0.1, 0.15) is 18.1 Å². The van der Waals surface area contributed by atoms with Gasteiger partial charge in [0.2, 0.25) is 15.9 Å². The van der Waals surface area contributed by atoms with Crippen molar-refractivity contribution in [3.63, 3.8) is 0 Å². The molecule has 2 rings (SSSR count). The van der Waals surface area contributed by atoms with E-state index in [-0.39, 0.29) is 4.90 Å². The lowest BCUT2D eigenvalue weighted by atomic mass is 10.2. The topological polar surface area (TPSA) is 84.5 Å². The second kappa shape index (κ2) is 8.07. The summed E-state index contributed by atoms with van der Waals surface area (Å²) in [6.45, 7) is 5.04. The van der Waals surface area contributed by atoms with Gasteiger partial charge in [-0.25, -0.2) is 8.42 Å². The lowest BCUT2D eigenvalue weighted by Gasteiger charge is -2.16. The molecule has 0 aliphatic heterocycles. The predicted molar refractivity (Wildman–Crippen MR) is 102 cm³/mol. The SMILES string of the molecule is COc1ccc(S(=O)(=O)N[C@@H](C)C(=O)Nc2cc(Cl)ccc2C)cc1C. The highest BCUT2D eigenvalue weighted by Crippen LogP contribution is 2.22. The van der Waals surface area contributed by atoms with Crippen LogP contribution in [0.15, 0.2) is 41.3 Å². The number of methoxy groups -OCH3 is 1. The number of halogens is 1.